The van der Waals surface area contributed by atoms with Crippen LogP contribution in [0.3, 0.4) is 0 Å². The molecule has 126 valence electrons. The van der Waals surface area contributed by atoms with E-state index in [-0.39, 0.29) is 12.7 Å². The van der Waals surface area contributed by atoms with Crippen molar-refractivity contribution in [1.29, 1.82) is 0 Å². The third kappa shape index (κ3) is 3.45. The van der Waals surface area contributed by atoms with Crippen LogP contribution in [0.2, 0.25) is 0 Å². The fourth-order valence-electron chi connectivity index (χ4n) is 2.50. The molecule has 1 N–H and O–H groups in total. The summed E-state index contributed by atoms with van der Waals surface area (Å²) in [5.41, 5.74) is 2.16. The summed E-state index contributed by atoms with van der Waals surface area (Å²) in [5.74, 6) is 1.68. The Morgan fingerprint density at radius 3 is 2.92 bits per heavy atom. The number of nitrogens with one attached hydrogen (secondary N) is 1. The average Bonchev–Trinajstić information content (AvgIpc) is 3.06. The van der Waals surface area contributed by atoms with Crippen molar-refractivity contribution in [3.05, 3.63) is 47.5 Å². The summed E-state index contributed by atoms with van der Waals surface area (Å²) >= 11 is 0. The molecule has 0 atom stereocenters. The number of aryl methyl sites for hydroxylation is 1. The van der Waals surface area contributed by atoms with E-state index in [1.165, 1.54) is 0 Å². The van der Waals surface area contributed by atoms with Gasteiger partial charge in [-0.15, -0.1) is 0 Å². The summed E-state index contributed by atoms with van der Waals surface area (Å²) in [4.78, 5) is 12.5. The molecule has 0 aliphatic carbocycles. The second-order valence-corrected chi connectivity index (χ2v) is 5.67. The largest absolute Gasteiger partial charge is 0.494 e. The van der Waals surface area contributed by atoms with Gasteiger partial charge >= 0.3 is 0 Å². The summed E-state index contributed by atoms with van der Waals surface area (Å²) in [6.45, 7) is 4.91. The monoisotopic (exact) mass is 327 g/mol. The van der Waals surface area contributed by atoms with Crippen LogP contribution in [-0.4, -0.2) is 19.3 Å². The molecule has 0 aromatic heterocycles. The molecule has 1 amide bonds. The molecule has 0 saturated heterocycles. The van der Waals surface area contributed by atoms with Gasteiger partial charge in [0.2, 0.25) is 6.79 Å². The number of unbranched alkanes of at least 4 members (excludes halogenated alkanes) is 1. The van der Waals surface area contributed by atoms with Gasteiger partial charge in [0.1, 0.15) is 5.75 Å². The highest BCUT2D eigenvalue weighted by atomic mass is 16.7. The van der Waals surface area contributed by atoms with Crippen LogP contribution >= 0.6 is 0 Å². The van der Waals surface area contributed by atoms with Crippen LogP contribution in [0.25, 0.3) is 0 Å². The Hall–Kier alpha value is -2.69. The first-order chi connectivity index (χ1) is 11.7. The van der Waals surface area contributed by atoms with Gasteiger partial charge in [0.25, 0.3) is 5.91 Å². The van der Waals surface area contributed by atoms with E-state index in [1.54, 1.807) is 18.2 Å². The molecule has 0 bridgehead atoms. The Bertz CT molecular complexity index is 742. The van der Waals surface area contributed by atoms with E-state index in [0.717, 1.165) is 29.8 Å². The topological polar surface area (TPSA) is 56.8 Å². The van der Waals surface area contributed by atoms with Crippen LogP contribution in [-0.2, 0) is 0 Å². The van der Waals surface area contributed by atoms with Gasteiger partial charge in [-0.25, -0.2) is 0 Å². The Morgan fingerprint density at radius 2 is 2.12 bits per heavy atom. The number of rotatable bonds is 6. The molecule has 3 rings (SSSR count). The lowest BCUT2D eigenvalue weighted by Crippen LogP contribution is -2.13. The summed E-state index contributed by atoms with van der Waals surface area (Å²) < 4.78 is 16.4. The van der Waals surface area contributed by atoms with Crippen LogP contribution in [0, 0.1) is 6.92 Å². The molecule has 0 fully saturated rings. The lowest BCUT2D eigenvalue weighted by molar-refractivity contribution is 0.102. The van der Waals surface area contributed by atoms with Crippen LogP contribution < -0.4 is 19.5 Å². The van der Waals surface area contributed by atoms with E-state index < -0.39 is 0 Å². The molecule has 5 heteroatoms. The van der Waals surface area contributed by atoms with E-state index in [0.29, 0.717) is 23.7 Å². The average molecular weight is 327 g/mol. The minimum absolute atomic E-state index is 0.141. The molecule has 0 spiro atoms. The molecule has 2 aromatic carbocycles. The first kappa shape index (κ1) is 16.2. The van der Waals surface area contributed by atoms with Crippen molar-refractivity contribution in [1.82, 2.24) is 0 Å². The fraction of sp³-hybridized carbons (Fsp3) is 0.316. The fourth-order valence-corrected chi connectivity index (χ4v) is 2.50. The summed E-state index contributed by atoms with van der Waals surface area (Å²) in [6.07, 6.45) is 2.12. The van der Waals surface area contributed by atoms with E-state index in [1.807, 2.05) is 25.1 Å². The van der Waals surface area contributed by atoms with E-state index in [9.17, 15) is 4.79 Å². The molecule has 0 unspecified atom stereocenters. The maximum atomic E-state index is 12.5. The predicted octanol–water partition coefficient (Wildman–Crippen LogP) is 4.15. The number of para-hydroxylation sites is 1. The zero-order valence-corrected chi connectivity index (χ0v) is 13.9. The van der Waals surface area contributed by atoms with Gasteiger partial charge in [-0.2, -0.15) is 0 Å². The number of carbonyl (C=O) groups is 1. The molecule has 1 aliphatic rings. The zero-order chi connectivity index (χ0) is 16.9. The number of carbonyl (C=O) groups excluding carboxylic acids is 1. The Labute approximate surface area is 141 Å². The van der Waals surface area contributed by atoms with Crippen molar-refractivity contribution < 1.29 is 19.0 Å². The van der Waals surface area contributed by atoms with Crippen LogP contribution in [0.1, 0.15) is 35.7 Å². The molecule has 0 saturated carbocycles. The Balaban J connectivity index is 1.72. The third-order valence-corrected chi connectivity index (χ3v) is 3.85. The lowest BCUT2D eigenvalue weighted by atomic mass is 10.1. The minimum Gasteiger partial charge on any atom is -0.494 e. The second-order valence-electron chi connectivity index (χ2n) is 5.67. The smallest absolute Gasteiger partial charge is 0.259 e. The number of anilines is 1. The standard InChI is InChI=1S/C19H21NO4/c1-3-4-10-22-14-8-9-16(13(2)11-14)20-19(21)15-6-5-7-17-18(15)24-12-23-17/h5-9,11H,3-4,10,12H2,1-2H3,(H,20,21). The normalized spacial score (nSPS) is 12.1. The van der Waals surface area contributed by atoms with Gasteiger partial charge in [-0.05, 0) is 49.2 Å². The minimum atomic E-state index is -0.222. The van der Waals surface area contributed by atoms with Crippen LogP contribution in [0.4, 0.5) is 5.69 Å². The highest BCUT2D eigenvalue weighted by molar-refractivity contribution is 6.07. The predicted molar refractivity (Wildman–Crippen MR) is 92.1 cm³/mol. The molecule has 1 heterocycles. The summed E-state index contributed by atoms with van der Waals surface area (Å²) in [5, 5.41) is 2.92. The summed E-state index contributed by atoms with van der Waals surface area (Å²) in [7, 11) is 0. The second kappa shape index (κ2) is 7.25. The molecule has 24 heavy (non-hydrogen) atoms. The zero-order valence-electron chi connectivity index (χ0n) is 13.9. The lowest BCUT2D eigenvalue weighted by Gasteiger charge is -2.12. The van der Waals surface area contributed by atoms with E-state index >= 15 is 0 Å². The van der Waals surface area contributed by atoms with E-state index in [2.05, 4.69) is 12.2 Å². The number of ether oxygens (including phenoxy) is 3. The van der Waals surface area contributed by atoms with Gasteiger partial charge in [-0.1, -0.05) is 19.4 Å². The van der Waals surface area contributed by atoms with Gasteiger partial charge in [0, 0.05) is 5.69 Å². The van der Waals surface area contributed by atoms with Crippen molar-refractivity contribution in [2.45, 2.75) is 26.7 Å². The van der Waals surface area contributed by atoms with Crippen molar-refractivity contribution >= 4 is 11.6 Å². The molecular weight excluding hydrogens is 306 g/mol. The number of amides is 1. The number of hydrogen-bond acceptors (Lipinski definition) is 4. The third-order valence-electron chi connectivity index (χ3n) is 3.85. The molecule has 5 nitrogen and oxygen atoms in total. The Morgan fingerprint density at radius 1 is 1.25 bits per heavy atom. The Kier molecular flexibility index (Phi) is 4.89. The SMILES string of the molecule is CCCCOc1ccc(NC(=O)c2cccc3c2OCO3)c(C)c1. The highest BCUT2D eigenvalue weighted by Crippen LogP contribution is 2.35. The van der Waals surface area contributed by atoms with Gasteiger partial charge in [0.15, 0.2) is 11.5 Å². The van der Waals surface area contributed by atoms with Gasteiger partial charge in [-0.3, -0.25) is 4.79 Å². The molecular formula is C19H21NO4. The van der Waals surface area contributed by atoms with Gasteiger partial charge < -0.3 is 19.5 Å². The van der Waals surface area contributed by atoms with Crippen molar-refractivity contribution in [2.24, 2.45) is 0 Å². The summed E-state index contributed by atoms with van der Waals surface area (Å²) in [6, 6.07) is 10.9. The first-order valence-corrected chi connectivity index (χ1v) is 8.12. The maximum Gasteiger partial charge on any atom is 0.259 e. The molecule has 0 radical (unpaired) electrons. The van der Waals surface area contributed by atoms with Crippen molar-refractivity contribution in [2.75, 3.05) is 18.7 Å². The first-order valence-electron chi connectivity index (χ1n) is 8.12. The van der Waals surface area contributed by atoms with Crippen molar-refractivity contribution in [3.63, 3.8) is 0 Å². The number of hydrogen-bond donors (Lipinski definition) is 1. The molecule has 1 aliphatic heterocycles. The quantitative estimate of drug-likeness (QED) is 0.810. The number of benzene rings is 2. The maximum absolute atomic E-state index is 12.5. The molecule has 2 aromatic rings. The van der Waals surface area contributed by atoms with Crippen molar-refractivity contribution in [3.8, 4) is 17.2 Å². The van der Waals surface area contributed by atoms with Crippen LogP contribution in [0.15, 0.2) is 36.4 Å². The number of fused-ring (bicyclic) bond motifs is 1. The van der Waals surface area contributed by atoms with E-state index in [4.69, 9.17) is 14.2 Å². The highest BCUT2D eigenvalue weighted by Gasteiger charge is 2.22. The van der Waals surface area contributed by atoms with Gasteiger partial charge in [0.05, 0.1) is 12.2 Å². The van der Waals surface area contributed by atoms with Crippen LogP contribution in [0.5, 0.6) is 17.2 Å².